The molecule has 9 nitrogen and oxygen atoms in total. The van der Waals surface area contributed by atoms with Crippen molar-refractivity contribution in [3.8, 4) is 5.75 Å². The second-order valence-corrected chi connectivity index (χ2v) is 8.53. The lowest BCUT2D eigenvalue weighted by Crippen LogP contribution is -2.38. The average Bonchev–Trinajstić information content (AvgIpc) is 2.96. The van der Waals surface area contributed by atoms with Gasteiger partial charge in [-0.1, -0.05) is 31.0 Å². The Balaban J connectivity index is 1.72. The second kappa shape index (κ2) is 9.20. The molecule has 172 valence electrons. The molecule has 1 fully saturated rings. The minimum atomic E-state index is -0.861. The van der Waals surface area contributed by atoms with Crippen LogP contribution in [0.1, 0.15) is 31.2 Å². The molecule has 9 heteroatoms. The third-order valence-electron chi connectivity index (χ3n) is 6.13. The molecule has 1 aromatic carbocycles. The van der Waals surface area contributed by atoms with E-state index >= 15 is 0 Å². The van der Waals surface area contributed by atoms with E-state index in [0.29, 0.717) is 22.9 Å². The van der Waals surface area contributed by atoms with Gasteiger partial charge in [0.1, 0.15) is 18.5 Å². The number of anilines is 1. The first-order chi connectivity index (χ1) is 15.4. The highest BCUT2D eigenvalue weighted by Gasteiger charge is 2.25. The minimum Gasteiger partial charge on any atom is -0.491 e. The number of hydrogen-bond donors (Lipinski definition) is 1. The summed E-state index contributed by atoms with van der Waals surface area (Å²) in [7, 11) is 3.08. The first-order valence-electron chi connectivity index (χ1n) is 11.2. The average molecular weight is 442 g/mol. The fourth-order valence-corrected chi connectivity index (χ4v) is 4.29. The molecule has 3 heterocycles. The Morgan fingerprint density at radius 2 is 1.75 bits per heavy atom. The second-order valence-electron chi connectivity index (χ2n) is 8.53. The molecule has 0 saturated carbocycles. The monoisotopic (exact) mass is 441 g/mol. The van der Waals surface area contributed by atoms with Crippen LogP contribution in [-0.4, -0.2) is 49.6 Å². The van der Waals surface area contributed by atoms with Crippen LogP contribution in [0.25, 0.3) is 11.2 Å². The van der Waals surface area contributed by atoms with Gasteiger partial charge in [0, 0.05) is 27.2 Å². The molecule has 32 heavy (non-hydrogen) atoms. The largest absolute Gasteiger partial charge is 0.491 e. The molecular weight excluding hydrogens is 410 g/mol. The van der Waals surface area contributed by atoms with Crippen LogP contribution in [-0.2, 0) is 20.6 Å². The molecule has 1 atom stereocenters. The molecule has 1 saturated heterocycles. The van der Waals surface area contributed by atoms with Crippen LogP contribution >= 0.6 is 0 Å². The minimum absolute atomic E-state index is 0.0794. The summed E-state index contributed by atoms with van der Waals surface area (Å²) in [6.45, 7) is 3.82. The molecule has 3 aromatic rings. The van der Waals surface area contributed by atoms with Crippen LogP contribution < -0.4 is 20.9 Å². The Labute approximate surface area is 186 Å². The fourth-order valence-electron chi connectivity index (χ4n) is 4.29. The maximum atomic E-state index is 13.0. The maximum Gasteiger partial charge on any atom is 0.332 e. The summed E-state index contributed by atoms with van der Waals surface area (Å²) in [6, 6.07) is 7.64. The zero-order chi connectivity index (χ0) is 22.8. The van der Waals surface area contributed by atoms with E-state index in [1.54, 1.807) is 11.6 Å². The summed E-state index contributed by atoms with van der Waals surface area (Å²) in [6.07, 6.45) is 3.53. The number of aliphatic hydroxyl groups is 1. The van der Waals surface area contributed by atoms with E-state index in [4.69, 9.17) is 9.72 Å². The Hall–Kier alpha value is -3.07. The number of hydrogen-bond acceptors (Lipinski definition) is 6. The van der Waals surface area contributed by atoms with Crippen LogP contribution in [0.4, 0.5) is 5.95 Å². The predicted octanol–water partition coefficient (Wildman–Crippen LogP) is 1.56. The number of aryl methyl sites for hydroxylation is 2. The summed E-state index contributed by atoms with van der Waals surface area (Å²) in [5, 5.41) is 10.8. The highest BCUT2D eigenvalue weighted by atomic mass is 16.5. The Bertz CT molecular complexity index is 1220. The molecule has 0 aliphatic carbocycles. The van der Waals surface area contributed by atoms with Crippen molar-refractivity contribution in [2.24, 2.45) is 14.1 Å². The van der Waals surface area contributed by atoms with E-state index in [0.717, 1.165) is 48.9 Å². The standard InChI is InChI=1S/C23H31N5O4/c1-16-10-6-7-11-18(16)32-15-17(29)14-28-19-20(25(2)23(31)26(3)21(19)30)24-22(28)27-12-8-4-5-9-13-27/h6-7,10-11,17,29H,4-5,8-9,12-15H2,1-3H3. The van der Waals surface area contributed by atoms with Gasteiger partial charge >= 0.3 is 5.69 Å². The number of fused-ring (bicyclic) bond motifs is 1. The number of aromatic nitrogens is 4. The third-order valence-corrected chi connectivity index (χ3v) is 6.13. The van der Waals surface area contributed by atoms with Crippen molar-refractivity contribution in [2.75, 3.05) is 24.6 Å². The van der Waals surface area contributed by atoms with Gasteiger partial charge in [0.25, 0.3) is 5.56 Å². The van der Waals surface area contributed by atoms with Crippen molar-refractivity contribution in [2.45, 2.75) is 45.3 Å². The molecule has 0 spiro atoms. The normalized spacial score (nSPS) is 15.7. The molecule has 1 unspecified atom stereocenters. The SMILES string of the molecule is Cc1ccccc1OCC(O)Cn1c(N2CCCCCC2)nc2c1c(=O)n(C)c(=O)n2C. The van der Waals surface area contributed by atoms with Gasteiger partial charge in [-0.25, -0.2) is 4.79 Å². The number of benzene rings is 1. The summed E-state index contributed by atoms with van der Waals surface area (Å²) in [5.74, 6) is 1.34. The van der Waals surface area contributed by atoms with E-state index in [2.05, 4.69) is 4.90 Å². The lowest BCUT2D eigenvalue weighted by atomic mass is 10.2. The van der Waals surface area contributed by atoms with Gasteiger partial charge in [-0.3, -0.25) is 13.9 Å². The van der Waals surface area contributed by atoms with E-state index < -0.39 is 17.4 Å². The molecule has 1 N–H and O–H groups in total. The highest BCUT2D eigenvalue weighted by molar-refractivity contribution is 5.74. The fraction of sp³-hybridized carbons (Fsp3) is 0.522. The molecule has 2 aromatic heterocycles. The predicted molar refractivity (Wildman–Crippen MR) is 124 cm³/mol. The summed E-state index contributed by atoms with van der Waals surface area (Å²) < 4.78 is 10.1. The van der Waals surface area contributed by atoms with Crippen molar-refractivity contribution in [3.05, 3.63) is 50.7 Å². The highest BCUT2D eigenvalue weighted by Crippen LogP contribution is 2.24. The van der Waals surface area contributed by atoms with E-state index in [9.17, 15) is 14.7 Å². The first kappa shape index (κ1) is 22.1. The van der Waals surface area contributed by atoms with Crippen molar-refractivity contribution in [1.29, 1.82) is 0 Å². The zero-order valence-corrected chi connectivity index (χ0v) is 19.0. The lowest BCUT2D eigenvalue weighted by Gasteiger charge is -2.24. The van der Waals surface area contributed by atoms with Gasteiger partial charge in [0.2, 0.25) is 5.95 Å². The Kier molecular flexibility index (Phi) is 6.36. The topological polar surface area (TPSA) is 94.5 Å². The smallest absolute Gasteiger partial charge is 0.332 e. The number of aliphatic hydroxyl groups excluding tert-OH is 1. The van der Waals surface area contributed by atoms with Crippen molar-refractivity contribution < 1.29 is 9.84 Å². The molecule has 0 bridgehead atoms. The van der Waals surface area contributed by atoms with Crippen LogP contribution in [0.15, 0.2) is 33.9 Å². The molecule has 1 aliphatic heterocycles. The van der Waals surface area contributed by atoms with E-state index in [1.807, 2.05) is 31.2 Å². The molecule has 0 amide bonds. The van der Waals surface area contributed by atoms with Gasteiger partial charge in [-0.15, -0.1) is 0 Å². The summed E-state index contributed by atoms with van der Waals surface area (Å²) in [4.78, 5) is 32.4. The molecular formula is C23H31N5O4. The van der Waals surface area contributed by atoms with Gasteiger partial charge < -0.3 is 19.3 Å². The number of ether oxygens (including phenoxy) is 1. The van der Waals surface area contributed by atoms with Crippen molar-refractivity contribution in [3.63, 3.8) is 0 Å². The van der Waals surface area contributed by atoms with Crippen molar-refractivity contribution >= 4 is 17.1 Å². The van der Waals surface area contributed by atoms with Gasteiger partial charge in [0.05, 0.1) is 6.54 Å². The Morgan fingerprint density at radius 3 is 2.44 bits per heavy atom. The summed E-state index contributed by atoms with van der Waals surface area (Å²) in [5.41, 5.74) is 0.816. The summed E-state index contributed by atoms with van der Waals surface area (Å²) >= 11 is 0. The quantitative estimate of drug-likeness (QED) is 0.624. The first-order valence-corrected chi connectivity index (χ1v) is 11.2. The number of imidazole rings is 1. The van der Waals surface area contributed by atoms with Crippen LogP contribution in [0.3, 0.4) is 0 Å². The number of para-hydroxylation sites is 1. The van der Waals surface area contributed by atoms with Crippen LogP contribution in [0.2, 0.25) is 0 Å². The van der Waals surface area contributed by atoms with Gasteiger partial charge in [-0.2, -0.15) is 4.98 Å². The maximum absolute atomic E-state index is 13.0. The van der Waals surface area contributed by atoms with Gasteiger partial charge in [0.15, 0.2) is 11.2 Å². The number of rotatable bonds is 6. The van der Waals surface area contributed by atoms with E-state index in [-0.39, 0.29) is 13.2 Å². The third kappa shape index (κ3) is 4.17. The molecule has 1 aliphatic rings. The molecule has 0 radical (unpaired) electrons. The Morgan fingerprint density at radius 1 is 1.06 bits per heavy atom. The zero-order valence-electron chi connectivity index (χ0n) is 19.0. The van der Waals surface area contributed by atoms with Crippen molar-refractivity contribution in [1.82, 2.24) is 18.7 Å². The molecule has 4 rings (SSSR count). The van der Waals surface area contributed by atoms with Crippen LogP contribution in [0.5, 0.6) is 5.75 Å². The van der Waals surface area contributed by atoms with Crippen LogP contribution in [0, 0.1) is 6.92 Å². The van der Waals surface area contributed by atoms with Gasteiger partial charge in [-0.05, 0) is 31.4 Å². The lowest BCUT2D eigenvalue weighted by molar-refractivity contribution is 0.0933. The number of nitrogens with zero attached hydrogens (tertiary/aromatic N) is 5. The van der Waals surface area contributed by atoms with E-state index in [1.165, 1.54) is 11.6 Å².